The molecule has 0 unspecified atom stereocenters. The van der Waals surface area contributed by atoms with Crippen LogP contribution in [0.25, 0.3) is 21.1 Å². The number of nitrogens with one attached hydrogen (secondary N) is 2. The van der Waals surface area contributed by atoms with Crippen LogP contribution in [-0.2, 0) is 17.6 Å². The topological polar surface area (TPSA) is 93.3 Å². The molecule has 1 fully saturated rings. The molecule has 1 aromatic carbocycles. The number of fused-ring (bicyclic) bond motifs is 4. The van der Waals surface area contributed by atoms with E-state index >= 15 is 0 Å². The number of anilines is 2. The van der Waals surface area contributed by atoms with Gasteiger partial charge in [0.05, 0.1) is 17.1 Å². The number of nitrogens with zero attached hydrogens (tertiary/aromatic N) is 6. The van der Waals surface area contributed by atoms with Gasteiger partial charge in [0.25, 0.3) is 0 Å². The van der Waals surface area contributed by atoms with E-state index in [1.165, 1.54) is 10.4 Å². The van der Waals surface area contributed by atoms with Gasteiger partial charge in [0.2, 0.25) is 5.91 Å². The lowest BCUT2D eigenvalue weighted by Gasteiger charge is -2.37. The fraction of sp³-hybridized carbons (Fsp3) is 0.462. The molecule has 2 aliphatic rings. The zero-order chi connectivity index (χ0) is 24.6. The molecule has 0 saturated carbocycles. The molecule has 9 nitrogen and oxygen atoms in total. The third-order valence-electron chi connectivity index (χ3n) is 7.44. The number of amides is 1. The summed E-state index contributed by atoms with van der Waals surface area (Å²) in [6, 6.07) is 6.12. The number of carbonyl (C=O) groups is 1. The first-order chi connectivity index (χ1) is 17.5. The van der Waals surface area contributed by atoms with Gasteiger partial charge in [-0.2, -0.15) is 5.10 Å². The van der Waals surface area contributed by atoms with Crippen LogP contribution in [0.15, 0.2) is 30.7 Å². The van der Waals surface area contributed by atoms with E-state index in [4.69, 9.17) is 0 Å². The van der Waals surface area contributed by atoms with Gasteiger partial charge in [-0.1, -0.05) is 0 Å². The average Bonchev–Trinajstić information content (AvgIpc) is 3.51. The second-order valence-electron chi connectivity index (χ2n) is 10.1. The molecule has 1 aliphatic heterocycles. The highest BCUT2D eigenvalue weighted by Gasteiger charge is 2.32. The molecule has 188 valence electrons. The molecule has 1 atom stereocenters. The van der Waals surface area contributed by atoms with E-state index in [1.54, 1.807) is 17.7 Å². The highest BCUT2D eigenvalue weighted by Crippen LogP contribution is 2.41. The summed E-state index contributed by atoms with van der Waals surface area (Å²) < 4.78 is 0. The van der Waals surface area contributed by atoms with Gasteiger partial charge >= 0.3 is 0 Å². The summed E-state index contributed by atoms with van der Waals surface area (Å²) in [6.45, 7) is 5.73. The van der Waals surface area contributed by atoms with E-state index in [9.17, 15) is 4.79 Å². The maximum absolute atomic E-state index is 13.4. The van der Waals surface area contributed by atoms with Crippen molar-refractivity contribution in [3.05, 3.63) is 41.2 Å². The summed E-state index contributed by atoms with van der Waals surface area (Å²) in [5.74, 6) is 1.22. The summed E-state index contributed by atoms with van der Waals surface area (Å²) in [5.41, 5.74) is 3.28. The summed E-state index contributed by atoms with van der Waals surface area (Å²) in [4.78, 5) is 31.6. The molecule has 4 heterocycles. The Balaban J connectivity index is 1.16. The Bertz CT molecular complexity index is 1390. The molecule has 3 aromatic heterocycles. The second-order valence-corrected chi connectivity index (χ2v) is 11.2. The maximum atomic E-state index is 13.4. The van der Waals surface area contributed by atoms with E-state index in [-0.39, 0.29) is 5.92 Å². The average molecular weight is 505 g/mol. The van der Waals surface area contributed by atoms with Crippen molar-refractivity contribution in [3.63, 3.8) is 0 Å². The fourth-order valence-corrected chi connectivity index (χ4v) is 6.63. The zero-order valence-corrected chi connectivity index (χ0v) is 21.6. The Labute approximate surface area is 214 Å². The van der Waals surface area contributed by atoms with E-state index in [0.717, 1.165) is 91.2 Å². The molecule has 0 spiro atoms. The van der Waals surface area contributed by atoms with Gasteiger partial charge < -0.3 is 15.1 Å². The molecule has 1 aliphatic carbocycles. The Morgan fingerprint density at radius 3 is 2.92 bits per heavy atom. The van der Waals surface area contributed by atoms with Gasteiger partial charge in [-0.05, 0) is 57.1 Å². The fourth-order valence-electron chi connectivity index (χ4n) is 5.36. The van der Waals surface area contributed by atoms with Crippen molar-refractivity contribution in [2.24, 2.45) is 5.92 Å². The number of carbonyl (C=O) groups excluding carboxylic acids is 1. The number of piperazine rings is 1. The van der Waals surface area contributed by atoms with E-state index in [1.807, 2.05) is 18.3 Å². The summed E-state index contributed by atoms with van der Waals surface area (Å²) in [6.07, 6.45) is 6.02. The highest BCUT2D eigenvalue weighted by molar-refractivity contribution is 7.19. The van der Waals surface area contributed by atoms with Gasteiger partial charge in [-0.3, -0.25) is 14.8 Å². The third-order valence-corrected chi connectivity index (χ3v) is 8.61. The lowest BCUT2D eigenvalue weighted by molar-refractivity contribution is -0.137. The Morgan fingerprint density at radius 2 is 2.08 bits per heavy atom. The molecule has 6 rings (SSSR count). The van der Waals surface area contributed by atoms with Crippen molar-refractivity contribution in [3.8, 4) is 0 Å². The van der Waals surface area contributed by atoms with Gasteiger partial charge in [0.15, 0.2) is 0 Å². The first kappa shape index (κ1) is 23.3. The van der Waals surface area contributed by atoms with Gasteiger partial charge in [-0.25, -0.2) is 9.97 Å². The maximum Gasteiger partial charge on any atom is 0.226 e. The number of aromatic amines is 1. The highest BCUT2D eigenvalue weighted by atomic mass is 32.1. The lowest BCUT2D eigenvalue weighted by Crippen LogP contribution is -2.51. The van der Waals surface area contributed by atoms with Gasteiger partial charge in [0.1, 0.15) is 17.0 Å². The first-order valence-electron chi connectivity index (χ1n) is 12.7. The van der Waals surface area contributed by atoms with Crippen molar-refractivity contribution < 1.29 is 4.79 Å². The van der Waals surface area contributed by atoms with Crippen molar-refractivity contribution in [1.82, 2.24) is 34.9 Å². The predicted octanol–water partition coefficient (Wildman–Crippen LogP) is 3.12. The Kier molecular flexibility index (Phi) is 6.32. The second kappa shape index (κ2) is 9.76. The molecule has 1 amide bonds. The third kappa shape index (κ3) is 4.56. The Hall–Kier alpha value is -3.08. The number of rotatable bonds is 6. The zero-order valence-electron chi connectivity index (χ0n) is 20.8. The largest absolute Gasteiger partial charge is 0.340 e. The molecule has 36 heavy (non-hydrogen) atoms. The van der Waals surface area contributed by atoms with E-state index in [0.29, 0.717) is 5.91 Å². The number of likely N-dealkylation sites (N-methyl/N-ethyl adjacent to an activating group) is 1. The van der Waals surface area contributed by atoms with Crippen molar-refractivity contribution in [2.45, 2.75) is 19.3 Å². The van der Waals surface area contributed by atoms with E-state index < -0.39 is 0 Å². The Morgan fingerprint density at radius 1 is 1.22 bits per heavy atom. The molecule has 0 bridgehead atoms. The predicted molar refractivity (Wildman–Crippen MR) is 144 cm³/mol. The van der Waals surface area contributed by atoms with Gasteiger partial charge in [0, 0.05) is 61.1 Å². The minimum atomic E-state index is 0.0618. The number of benzene rings is 1. The summed E-state index contributed by atoms with van der Waals surface area (Å²) in [7, 11) is 4.21. The molecule has 0 radical (unpaired) electrons. The standard InChI is InChI=1S/C26H32N8OS/c1-32(2)7-8-33-9-11-34(12-10-33)26(35)17-3-5-20-22(14-17)36-25-23(20)24(27-16-28-25)30-19-4-6-21-18(13-19)15-29-31-21/h4,6,13,15-17H,3,5,7-12,14H2,1-2H3,(H,29,31)(H,27,28,30)/t17-/m0/s1. The normalized spacial score (nSPS) is 18.8. The lowest BCUT2D eigenvalue weighted by atomic mass is 9.86. The quantitative estimate of drug-likeness (QED) is 0.417. The molecule has 4 aromatic rings. The van der Waals surface area contributed by atoms with E-state index in [2.05, 4.69) is 60.3 Å². The molecular weight excluding hydrogens is 472 g/mol. The SMILES string of the molecule is CN(C)CCN1CCN(C(=O)[C@H]2CCc3c(sc4ncnc(Nc5ccc6[nH]ncc6c5)c34)C2)CC1. The molecule has 1 saturated heterocycles. The van der Waals surface area contributed by atoms with Crippen molar-refractivity contribution >= 4 is 49.9 Å². The first-order valence-corrected chi connectivity index (χ1v) is 13.5. The van der Waals surface area contributed by atoms with Crippen LogP contribution in [0.1, 0.15) is 16.9 Å². The van der Waals surface area contributed by atoms with Crippen LogP contribution in [-0.4, -0.2) is 94.1 Å². The van der Waals surface area contributed by atoms with Crippen LogP contribution in [0.5, 0.6) is 0 Å². The smallest absolute Gasteiger partial charge is 0.226 e. The van der Waals surface area contributed by atoms with Crippen LogP contribution >= 0.6 is 11.3 Å². The monoisotopic (exact) mass is 504 g/mol. The van der Waals surface area contributed by atoms with Crippen LogP contribution in [0.3, 0.4) is 0 Å². The van der Waals surface area contributed by atoms with Gasteiger partial charge in [-0.15, -0.1) is 11.3 Å². The summed E-state index contributed by atoms with van der Waals surface area (Å²) in [5, 5.41) is 12.8. The van der Waals surface area contributed by atoms with Crippen molar-refractivity contribution in [2.75, 3.05) is 58.7 Å². The number of aryl methyl sites for hydroxylation is 1. The number of aromatic nitrogens is 4. The van der Waals surface area contributed by atoms with Crippen LogP contribution in [0.4, 0.5) is 11.5 Å². The van der Waals surface area contributed by atoms with Crippen LogP contribution in [0.2, 0.25) is 0 Å². The molecule has 10 heteroatoms. The number of hydrogen-bond donors (Lipinski definition) is 2. The van der Waals surface area contributed by atoms with Crippen molar-refractivity contribution in [1.29, 1.82) is 0 Å². The minimum Gasteiger partial charge on any atom is -0.340 e. The summed E-state index contributed by atoms with van der Waals surface area (Å²) >= 11 is 1.72. The minimum absolute atomic E-state index is 0.0618. The number of H-pyrrole nitrogens is 1. The molecular formula is C26H32N8OS. The molecule has 2 N–H and O–H groups in total. The van der Waals surface area contributed by atoms with Crippen LogP contribution in [0, 0.1) is 5.92 Å². The van der Waals surface area contributed by atoms with Crippen LogP contribution < -0.4 is 5.32 Å². The number of thiophene rings is 1. The number of hydrogen-bond acceptors (Lipinski definition) is 8.